The Labute approximate surface area is 111 Å². The lowest BCUT2D eigenvalue weighted by Crippen LogP contribution is -2.31. The van der Waals surface area contributed by atoms with Gasteiger partial charge >= 0.3 is 6.61 Å². The molecule has 19 heavy (non-hydrogen) atoms. The third kappa shape index (κ3) is 3.64. The number of hydrogen-bond acceptors (Lipinski definition) is 3. The van der Waals surface area contributed by atoms with Crippen LogP contribution in [0.1, 0.15) is 24.4 Å². The van der Waals surface area contributed by atoms with Crippen LogP contribution in [0.25, 0.3) is 0 Å². The molecule has 5 heteroatoms. The second-order valence-electron chi connectivity index (χ2n) is 4.66. The lowest BCUT2D eigenvalue weighted by atomic mass is 9.88. The van der Waals surface area contributed by atoms with Gasteiger partial charge in [0.25, 0.3) is 0 Å². The molecule has 0 radical (unpaired) electrons. The minimum Gasteiger partial charge on any atom is -0.434 e. The lowest BCUT2D eigenvalue weighted by molar-refractivity contribution is -0.0512. The van der Waals surface area contributed by atoms with E-state index in [-0.39, 0.29) is 17.7 Å². The minimum absolute atomic E-state index is 0.0322. The van der Waals surface area contributed by atoms with Crippen LogP contribution in [0.3, 0.4) is 0 Å². The van der Waals surface area contributed by atoms with Crippen molar-refractivity contribution in [1.29, 1.82) is 0 Å². The Kier molecular flexibility index (Phi) is 5.10. The topological polar surface area (TPSA) is 30.5 Å². The van der Waals surface area contributed by atoms with Gasteiger partial charge in [0.2, 0.25) is 0 Å². The molecule has 0 bridgehead atoms. The van der Waals surface area contributed by atoms with E-state index in [1.54, 1.807) is 12.1 Å². The molecular formula is C14H19F2NO2. The monoisotopic (exact) mass is 271 g/mol. The maximum Gasteiger partial charge on any atom is 0.387 e. The van der Waals surface area contributed by atoms with Crippen LogP contribution in [0.2, 0.25) is 0 Å². The highest BCUT2D eigenvalue weighted by molar-refractivity contribution is 5.36. The fourth-order valence-electron chi connectivity index (χ4n) is 2.61. The van der Waals surface area contributed by atoms with E-state index in [2.05, 4.69) is 10.1 Å². The fraction of sp³-hybridized carbons (Fsp3) is 0.571. The van der Waals surface area contributed by atoms with Crippen LogP contribution in [0.15, 0.2) is 24.3 Å². The average molecular weight is 271 g/mol. The van der Waals surface area contributed by atoms with Gasteiger partial charge in [0.15, 0.2) is 0 Å². The van der Waals surface area contributed by atoms with Crippen molar-refractivity contribution in [2.75, 3.05) is 20.3 Å². The van der Waals surface area contributed by atoms with Gasteiger partial charge in [-0.05, 0) is 26.0 Å². The summed E-state index contributed by atoms with van der Waals surface area (Å²) in [5.41, 5.74) is 0.765. The zero-order chi connectivity index (χ0) is 13.7. The first-order valence-corrected chi connectivity index (χ1v) is 6.51. The Morgan fingerprint density at radius 1 is 1.37 bits per heavy atom. The molecule has 1 aliphatic heterocycles. The molecule has 1 saturated heterocycles. The standard InChI is InChI=1S/C14H19F2NO2/c1-17-13(10-5-4-8-18-9-10)11-6-2-3-7-12(11)19-14(15)16/h2-3,6-7,10,13-14,17H,4-5,8-9H2,1H3. The molecule has 3 nitrogen and oxygen atoms in total. The summed E-state index contributed by atoms with van der Waals surface area (Å²) in [6.45, 7) is -1.38. The summed E-state index contributed by atoms with van der Waals surface area (Å²) in [4.78, 5) is 0. The zero-order valence-corrected chi connectivity index (χ0v) is 10.9. The first-order chi connectivity index (χ1) is 9.22. The number of halogens is 2. The fourth-order valence-corrected chi connectivity index (χ4v) is 2.61. The van der Waals surface area contributed by atoms with Crippen LogP contribution < -0.4 is 10.1 Å². The largest absolute Gasteiger partial charge is 0.434 e. The number of hydrogen-bond donors (Lipinski definition) is 1. The maximum atomic E-state index is 12.4. The first-order valence-electron chi connectivity index (χ1n) is 6.51. The van der Waals surface area contributed by atoms with Gasteiger partial charge in [0, 0.05) is 24.1 Å². The van der Waals surface area contributed by atoms with Crippen molar-refractivity contribution in [2.24, 2.45) is 5.92 Å². The highest BCUT2D eigenvalue weighted by atomic mass is 19.3. The van der Waals surface area contributed by atoms with Crippen molar-refractivity contribution < 1.29 is 18.3 Å². The normalized spacial score (nSPS) is 21.4. The van der Waals surface area contributed by atoms with Crippen molar-refractivity contribution in [3.05, 3.63) is 29.8 Å². The molecule has 0 saturated carbocycles. The molecule has 1 N–H and O–H groups in total. The van der Waals surface area contributed by atoms with E-state index in [1.165, 1.54) is 0 Å². The van der Waals surface area contributed by atoms with Crippen LogP contribution in [-0.4, -0.2) is 26.9 Å². The Hall–Kier alpha value is -1.20. The van der Waals surface area contributed by atoms with Crippen molar-refractivity contribution in [1.82, 2.24) is 5.32 Å². The first kappa shape index (κ1) is 14.2. The van der Waals surface area contributed by atoms with Gasteiger partial charge in [0.05, 0.1) is 6.61 Å². The predicted molar refractivity (Wildman–Crippen MR) is 68.4 cm³/mol. The summed E-state index contributed by atoms with van der Waals surface area (Å²) in [6, 6.07) is 6.91. The summed E-state index contributed by atoms with van der Waals surface area (Å²) in [7, 11) is 1.83. The summed E-state index contributed by atoms with van der Waals surface area (Å²) >= 11 is 0. The Balaban J connectivity index is 2.21. The average Bonchev–Trinajstić information content (AvgIpc) is 2.42. The molecule has 1 aliphatic rings. The minimum atomic E-state index is -2.80. The maximum absolute atomic E-state index is 12.4. The van der Waals surface area contributed by atoms with Crippen LogP contribution in [0, 0.1) is 5.92 Å². The van der Waals surface area contributed by atoms with Gasteiger partial charge in [-0.25, -0.2) is 0 Å². The highest BCUT2D eigenvalue weighted by Crippen LogP contribution is 2.34. The van der Waals surface area contributed by atoms with Gasteiger partial charge in [-0.3, -0.25) is 0 Å². The van der Waals surface area contributed by atoms with Gasteiger partial charge in [-0.1, -0.05) is 18.2 Å². The molecule has 1 aromatic rings. The number of para-hydroxylation sites is 1. The lowest BCUT2D eigenvalue weighted by Gasteiger charge is -2.31. The van der Waals surface area contributed by atoms with Crippen molar-refractivity contribution >= 4 is 0 Å². The Morgan fingerprint density at radius 3 is 2.79 bits per heavy atom. The van der Waals surface area contributed by atoms with E-state index in [4.69, 9.17) is 4.74 Å². The number of alkyl halides is 2. The van der Waals surface area contributed by atoms with Gasteiger partial charge in [-0.15, -0.1) is 0 Å². The predicted octanol–water partition coefficient (Wildman–Crippen LogP) is 2.98. The van der Waals surface area contributed by atoms with Crippen LogP contribution in [-0.2, 0) is 4.74 Å². The molecular weight excluding hydrogens is 252 g/mol. The number of rotatable bonds is 5. The Bertz CT molecular complexity index is 395. The molecule has 2 atom stereocenters. The van der Waals surface area contributed by atoms with Crippen molar-refractivity contribution in [3.8, 4) is 5.75 Å². The summed E-state index contributed by atoms with van der Waals surface area (Å²) in [5.74, 6) is 0.517. The molecule has 0 aliphatic carbocycles. The van der Waals surface area contributed by atoms with Crippen molar-refractivity contribution in [3.63, 3.8) is 0 Å². The SMILES string of the molecule is CNC(c1ccccc1OC(F)F)C1CCCOC1. The van der Waals surface area contributed by atoms with E-state index >= 15 is 0 Å². The van der Waals surface area contributed by atoms with E-state index in [9.17, 15) is 8.78 Å². The van der Waals surface area contributed by atoms with E-state index in [0.717, 1.165) is 25.0 Å². The van der Waals surface area contributed by atoms with Crippen molar-refractivity contribution in [2.45, 2.75) is 25.5 Å². The molecule has 0 amide bonds. The molecule has 2 rings (SSSR count). The molecule has 1 fully saturated rings. The highest BCUT2D eigenvalue weighted by Gasteiger charge is 2.27. The molecule has 2 unspecified atom stereocenters. The summed E-state index contributed by atoms with van der Waals surface area (Å²) < 4.78 is 35.0. The van der Waals surface area contributed by atoms with E-state index < -0.39 is 6.61 Å². The van der Waals surface area contributed by atoms with Crippen LogP contribution in [0.4, 0.5) is 8.78 Å². The smallest absolute Gasteiger partial charge is 0.387 e. The molecule has 0 aromatic heterocycles. The number of nitrogens with one attached hydrogen (secondary N) is 1. The number of ether oxygens (including phenoxy) is 2. The zero-order valence-electron chi connectivity index (χ0n) is 10.9. The van der Waals surface area contributed by atoms with Gasteiger partial charge in [-0.2, -0.15) is 8.78 Å². The van der Waals surface area contributed by atoms with Gasteiger partial charge in [0.1, 0.15) is 5.75 Å². The summed E-state index contributed by atoms with van der Waals surface area (Å²) in [5, 5.41) is 3.20. The Morgan fingerprint density at radius 2 is 2.16 bits per heavy atom. The van der Waals surface area contributed by atoms with Gasteiger partial charge < -0.3 is 14.8 Å². The second-order valence-corrected chi connectivity index (χ2v) is 4.66. The molecule has 1 aromatic carbocycles. The second kappa shape index (κ2) is 6.82. The summed E-state index contributed by atoms with van der Waals surface area (Å²) in [6.07, 6.45) is 2.02. The van der Waals surface area contributed by atoms with Crippen LogP contribution in [0.5, 0.6) is 5.75 Å². The molecule has 1 heterocycles. The third-order valence-corrected chi connectivity index (χ3v) is 3.45. The third-order valence-electron chi connectivity index (χ3n) is 3.45. The quantitative estimate of drug-likeness (QED) is 0.893. The molecule has 106 valence electrons. The van der Waals surface area contributed by atoms with E-state index in [1.807, 2.05) is 19.2 Å². The number of benzene rings is 1. The molecule has 0 spiro atoms. The van der Waals surface area contributed by atoms with Crippen LogP contribution >= 0.6 is 0 Å². The van der Waals surface area contributed by atoms with E-state index in [0.29, 0.717) is 6.61 Å².